The van der Waals surface area contributed by atoms with Gasteiger partial charge in [0, 0.05) is 48.1 Å². The first kappa shape index (κ1) is 27.8. The highest BCUT2D eigenvalue weighted by molar-refractivity contribution is 6.09. The van der Waals surface area contributed by atoms with Gasteiger partial charge in [-0.25, -0.2) is 4.79 Å². The van der Waals surface area contributed by atoms with Gasteiger partial charge in [0.25, 0.3) is 0 Å². The summed E-state index contributed by atoms with van der Waals surface area (Å²) >= 11 is 0. The van der Waals surface area contributed by atoms with E-state index in [4.69, 9.17) is 14.2 Å². The van der Waals surface area contributed by atoms with E-state index >= 15 is 0 Å². The van der Waals surface area contributed by atoms with Gasteiger partial charge in [0.15, 0.2) is 0 Å². The van der Waals surface area contributed by atoms with Crippen molar-refractivity contribution in [3.8, 4) is 28.4 Å². The summed E-state index contributed by atoms with van der Waals surface area (Å²) in [6, 6.07) is 12.9. The van der Waals surface area contributed by atoms with Gasteiger partial charge in [0.05, 0.1) is 30.5 Å². The summed E-state index contributed by atoms with van der Waals surface area (Å²) in [6.07, 6.45) is 3.40. The number of carbonyl (C=O) groups excluding carboxylic acids is 1. The van der Waals surface area contributed by atoms with Crippen LogP contribution in [-0.2, 0) is 24.9 Å². The number of aromatic nitrogens is 2. The van der Waals surface area contributed by atoms with Crippen molar-refractivity contribution in [2.24, 2.45) is 7.05 Å². The largest absolute Gasteiger partial charge is 0.507 e. The molecule has 0 spiro atoms. The Morgan fingerprint density at radius 3 is 2.43 bits per heavy atom. The summed E-state index contributed by atoms with van der Waals surface area (Å²) in [5.41, 5.74) is 3.92. The molecule has 37 heavy (non-hydrogen) atoms. The number of pyridine rings is 1. The monoisotopic (exact) mass is 525 g/mol. The number of fused-ring (bicyclic) bond motifs is 1. The van der Waals surface area contributed by atoms with Crippen LogP contribution in [0.15, 0.2) is 54.9 Å². The number of aryl methyl sites for hydroxylation is 1. The normalized spacial score (nSPS) is 10.9. The number of ether oxygens (including phenoxy) is 3. The van der Waals surface area contributed by atoms with Crippen LogP contribution in [-0.4, -0.2) is 53.3 Å². The third kappa shape index (κ3) is 5.65. The molecule has 0 fully saturated rings. The topological polar surface area (TPSA) is 86.0 Å². The van der Waals surface area contributed by atoms with Crippen LogP contribution in [0.3, 0.4) is 0 Å². The van der Waals surface area contributed by atoms with Gasteiger partial charge in [0.2, 0.25) is 0 Å². The Balaban J connectivity index is 0.00000380. The highest BCUT2D eigenvalue weighted by Gasteiger charge is 2.28. The Labute approximate surface area is 222 Å². The second-order valence-corrected chi connectivity index (χ2v) is 8.69. The molecule has 4 rings (SSSR count). The second kappa shape index (κ2) is 12.0. The minimum absolute atomic E-state index is 0. The van der Waals surface area contributed by atoms with Crippen molar-refractivity contribution >= 4 is 29.3 Å². The Bertz CT molecular complexity index is 1370. The van der Waals surface area contributed by atoms with Gasteiger partial charge >= 0.3 is 5.97 Å². The Morgan fingerprint density at radius 1 is 1.14 bits per heavy atom. The van der Waals surface area contributed by atoms with Gasteiger partial charge in [-0.15, -0.1) is 12.4 Å². The van der Waals surface area contributed by atoms with Gasteiger partial charge in [-0.1, -0.05) is 6.07 Å². The maximum absolute atomic E-state index is 13.3. The number of rotatable bonds is 9. The van der Waals surface area contributed by atoms with E-state index in [0.29, 0.717) is 40.1 Å². The summed E-state index contributed by atoms with van der Waals surface area (Å²) in [5, 5.41) is 12.1. The van der Waals surface area contributed by atoms with E-state index in [1.165, 1.54) is 0 Å². The molecule has 0 atom stereocenters. The van der Waals surface area contributed by atoms with Crippen molar-refractivity contribution in [2.75, 3.05) is 27.8 Å². The summed E-state index contributed by atoms with van der Waals surface area (Å²) < 4.78 is 18.7. The maximum atomic E-state index is 13.3. The molecule has 2 aromatic heterocycles. The lowest BCUT2D eigenvalue weighted by atomic mass is 9.96. The fourth-order valence-electron chi connectivity index (χ4n) is 4.34. The highest BCUT2D eigenvalue weighted by Crippen LogP contribution is 2.41. The minimum Gasteiger partial charge on any atom is -0.507 e. The third-order valence-corrected chi connectivity index (χ3v) is 6.05. The molecule has 0 saturated heterocycles. The van der Waals surface area contributed by atoms with Crippen LogP contribution in [0, 0.1) is 0 Å². The molecule has 1 N–H and O–H groups in total. The molecule has 2 heterocycles. The quantitative estimate of drug-likeness (QED) is 0.301. The van der Waals surface area contributed by atoms with Crippen LogP contribution in [0.4, 0.5) is 0 Å². The number of phenolic OH excluding ortho intramolecular Hbond substituents is 1. The maximum Gasteiger partial charge on any atom is 0.340 e. The third-order valence-electron chi connectivity index (χ3n) is 6.05. The van der Waals surface area contributed by atoms with Crippen molar-refractivity contribution in [1.29, 1.82) is 0 Å². The van der Waals surface area contributed by atoms with Gasteiger partial charge < -0.3 is 28.8 Å². The molecule has 196 valence electrons. The first-order chi connectivity index (χ1) is 17.3. The molecule has 0 bridgehead atoms. The average Bonchev–Trinajstić information content (AvgIpc) is 3.16. The fourth-order valence-corrected chi connectivity index (χ4v) is 4.34. The van der Waals surface area contributed by atoms with Crippen LogP contribution in [0.5, 0.6) is 17.2 Å². The standard InChI is InChI=1S/C28H31N3O5.ClH/c1-6-35-28(33)26-24(17-36-20-11-9-19(34-5)10-12-20)31(4)23-14-21(18-8-7-13-29-15-18)27(32)22(25(23)26)16-30(2)3;/h7-15,32H,6,16-17H2,1-5H3;1H. The first-order valence-electron chi connectivity index (χ1n) is 11.7. The number of benzene rings is 2. The molecule has 0 aliphatic carbocycles. The second-order valence-electron chi connectivity index (χ2n) is 8.69. The summed E-state index contributed by atoms with van der Waals surface area (Å²) in [4.78, 5) is 19.4. The zero-order chi connectivity index (χ0) is 25.8. The van der Waals surface area contributed by atoms with Crippen molar-refractivity contribution < 1.29 is 24.1 Å². The van der Waals surface area contributed by atoms with Gasteiger partial charge in [-0.05, 0) is 57.4 Å². The van der Waals surface area contributed by atoms with E-state index in [1.807, 2.05) is 73.1 Å². The number of hydrogen-bond acceptors (Lipinski definition) is 7. The zero-order valence-corrected chi connectivity index (χ0v) is 22.5. The fraction of sp³-hybridized carbons (Fsp3) is 0.286. The Morgan fingerprint density at radius 2 is 1.84 bits per heavy atom. The SMILES string of the molecule is CCOC(=O)c1c(COc2ccc(OC)cc2)n(C)c2cc(-c3cccnc3)c(O)c(CN(C)C)c12.Cl. The van der Waals surface area contributed by atoms with Crippen LogP contribution < -0.4 is 9.47 Å². The van der Waals surface area contributed by atoms with Crippen LogP contribution in [0.2, 0.25) is 0 Å². The minimum atomic E-state index is -0.454. The molecule has 0 aliphatic heterocycles. The first-order valence-corrected chi connectivity index (χ1v) is 11.7. The summed E-state index contributed by atoms with van der Waals surface area (Å²) in [7, 11) is 7.34. The van der Waals surface area contributed by atoms with Crippen molar-refractivity contribution in [2.45, 2.75) is 20.1 Å². The van der Waals surface area contributed by atoms with Crippen LogP contribution >= 0.6 is 12.4 Å². The number of phenols is 1. The molecular formula is C28H32ClN3O5. The van der Waals surface area contributed by atoms with Crippen LogP contribution in [0.1, 0.15) is 28.5 Å². The molecule has 4 aromatic rings. The van der Waals surface area contributed by atoms with Gasteiger partial charge in [0.1, 0.15) is 23.9 Å². The molecule has 0 aliphatic rings. The van der Waals surface area contributed by atoms with Gasteiger partial charge in [-0.3, -0.25) is 4.98 Å². The van der Waals surface area contributed by atoms with E-state index in [2.05, 4.69) is 4.98 Å². The highest BCUT2D eigenvalue weighted by atomic mass is 35.5. The van der Waals surface area contributed by atoms with E-state index in [9.17, 15) is 9.90 Å². The lowest BCUT2D eigenvalue weighted by Crippen LogP contribution is -2.13. The molecule has 0 saturated carbocycles. The molecule has 8 nitrogen and oxygen atoms in total. The summed E-state index contributed by atoms with van der Waals surface area (Å²) in [5.74, 6) is 1.03. The number of carbonyl (C=O) groups is 1. The zero-order valence-electron chi connectivity index (χ0n) is 21.6. The number of hydrogen-bond donors (Lipinski definition) is 1. The van der Waals surface area contributed by atoms with Crippen LogP contribution in [0.25, 0.3) is 22.0 Å². The number of esters is 1. The molecule has 0 amide bonds. The Kier molecular flexibility index (Phi) is 9.02. The lowest BCUT2D eigenvalue weighted by molar-refractivity contribution is 0.0525. The number of aromatic hydroxyl groups is 1. The lowest BCUT2D eigenvalue weighted by Gasteiger charge is -2.17. The van der Waals surface area contributed by atoms with Crippen molar-refractivity contribution in [1.82, 2.24) is 14.5 Å². The molecule has 9 heteroatoms. The van der Waals surface area contributed by atoms with Crippen molar-refractivity contribution in [3.63, 3.8) is 0 Å². The number of halogens is 1. The smallest absolute Gasteiger partial charge is 0.340 e. The molecular weight excluding hydrogens is 494 g/mol. The number of nitrogens with zero attached hydrogens (tertiary/aromatic N) is 3. The van der Waals surface area contributed by atoms with E-state index in [0.717, 1.165) is 16.8 Å². The van der Waals surface area contributed by atoms with E-state index in [-0.39, 0.29) is 31.4 Å². The molecule has 0 unspecified atom stereocenters. The average molecular weight is 526 g/mol. The van der Waals surface area contributed by atoms with E-state index < -0.39 is 5.97 Å². The Hall–Kier alpha value is -3.75. The predicted molar refractivity (Wildman–Crippen MR) is 146 cm³/mol. The summed E-state index contributed by atoms with van der Waals surface area (Å²) in [6.45, 7) is 2.56. The molecule has 0 radical (unpaired) electrons. The van der Waals surface area contributed by atoms with Gasteiger partial charge in [-0.2, -0.15) is 0 Å². The van der Waals surface area contributed by atoms with E-state index in [1.54, 1.807) is 26.4 Å². The predicted octanol–water partition coefficient (Wildman–Crippen LogP) is 5.19. The molecule has 2 aromatic carbocycles. The van der Waals surface area contributed by atoms with Crippen molar-refractivity contribution in [3.05, 3.63) is 71.7 Å². The number of methoxy groups -OCH3 is 1.